The van der Waals surface area contributed by atoms with Crippen molar-refractivity contribution in [2.45, 2.75) is 113 Å². The van der Waals surface area contributed by atoms with Gasteiger partial charge in [-0.25, -0.2) is 0 Å². The maximum Gasteiger partial charge on any atom is 0.308 e. The minimum Gasteiger partial charge on any atom is -0.465 e. The normalized spacial score (nSPS) is 28.1. The summed E-state index contributed by atoms with van der Waals surface area (Å²) in [5.74, 6) is 1.94. The molecular formula is C28H50O4. The molecule has 2 fully saturated rings. The molecule has 4 nitrogen and oxygen atoms in total. The molecule has 2 aliphatic rings. The number of ether oxygens (including phenoxy) is 2. The molecule has 0 amide bonds. The smallest absolute Gasteiger partial charge is 0.308 e. The Bertz CT molecular complexity index is 530. The van der Waals surface area contributed by atoms with E-state index in [0.717, 1.165) is 64.2 Å². The van der Waals surface area contributed by atoms with E-state index in [9.17, 15) is 9.59 Å². The van der Waals surface area contributed by atoms with E-state index in [1.54, 1.807) is 0 Å². The van der Waals surface area contributed by atoms with Crippen molar-refractivity contribution < 1.29 is 19.1 Å². The minimum atomic E-state index is -0.0122. The Morgan fingerprint density at radius 2 is 0.969 bits per heavy atom. The zero-order chi connectivity index (χ0) is 23.9. The van der Waals surface area contributed by atoms with Gasteiger partial charge in [0.1, 0.15) is 0 Å². The molecule has 0 spiro atoms. The number of hydrogen-bond donors (Lipinski definition) is 0. The molecule has 2 saturated carbocycles. The monoisotopic (exact) mass is 450 g/mol. The molecule has 0 aromatic heterocycles. The van der Waals surface area contributed by atoms with E-state index in [-0.39, 0.29) is 23.8 Å². The first-order valence-corrected chi connectivity index (χ1v) is 13.2. The molecule has 0 unspecified atom stereocenters. The molecule has 0 aromatic rings. The second kappa shape index (κ2) is 11.9. The van der Waals surface area contributed by atoms with Gasteiger partial charge in [-0.05, 0) is 92.8 Å². The van der Waals surface area contributed by atoms with Crippen LogP contribution in [-0.2, 0) is 19.1 Å². The molecule has 2 aliphatic carbocycles. The molecule has 2 rings (SSSR count). The molecule has 4 heteroatoms. The molecule has 0 aliphatic heterocycles. The summed E-state index contributed by atoms with van der Waals surface area (Å²) in [6.45, 7) is 16.9. The molecular weight excluding hydrogens is 400 g/mol. The zero-order valence-corrected chi connectivity index (χ0v) is 22.0. The maximum absolute atomic E-state index is 12.4. The van der Waals surface area contributed by atoms with Crippen molar-refractivity contribution >= 4 is 11.9 Å². The van der Waals surface area contributed by atoms with Gasteiger partial charge in [-0.1, -0.05) is 48.5 Å². The van der Waals surface area contributed by atoms with E-state index < -0.39 is 0 Å². The van der Waals surface area contributed by atoms with Gasteiger partial charge in [0, 0.05) is 0 Å². The van der Waals surface area contributed by atoms with Gasteiger partial charge in [0.2, 0.25) is 0 Å². The molecule has 32 heavy (non-hydrogen) atoms. The van der Waals surface area contributed by atoms with Crippen molar-refractivity contribution in [3.8, 4) is 0 Å². The van der Waals surface area contributed by atoms with Crippen LogP contribution in [0.25, 0.3) is 0 Å². The molecule has 0 atom stereocenters. The van der Waals surface area contributed by atoms with Gasteiger partial charge in [-0.3, -0.25) is 9.59 Å². The molecule has 0 radical (unpaired) electrons. The Hall–Kier alpha value is -1.06. The first-order valence-electron chi connectivity index (χ1n) is 13.2. The number of carbonyl (C=O) groups excluding carboxylic acids is 2. The number of rotatable bonds is 8. The fourth-order valence-corrected chi connectivity index (χ4v) is 5.49. The average molecular weight is 451 g/mol. The van der Waals surface area contributed by atoms with Gasteiger partial charge in [0.25, 0.3) is 0 Å². The van der Waals surface area contributed by atoms with E-state index >= 15 is 0 Å². The number of esters is 2. The van der Waals surface area contributed by atoms with E-state index in [0.29, 0.717) is 41.8 Å². The highest BCUT2D eigenvalue weighted by atomic mass is 16.5. The largest absolute Gasteiger partial charge is 0.465 e. The lowest BCUT2D eigenvalue weighted by Gasteiger charge is -2.36. The lowest BCUT2D eigenvalue weighted by Crippen LogP contribution is -2.30. The van der Waals surface area contributed by atoms with Crippen LogP contribution in [0.4, 0.5) is 0 Å². The van der Waals surface area contributed by atoms with E-state index in [1.807, 2.05) is 0 Å². The third-order valence-electron chi connectivity index (χ3n) is 8.28. The average Bonchev–Trinajstić information content (AvgIpc) is 2.72. The van der Waals surface area contributed by atoms with Crippen molar-refractivity contribution in [3.63, 3.8) is 0 Å². The molecule has 0 saturated heterocycles. The van der Waals surface area contributed by atoms with Gasteiger partial charge in [0.15, 0.2) is 0 Å². The third-order valence-corrected chi connectivity index (χ3v) is 8.28. The van der Waals surface area contributed by atoms with Gasteiger partial charge in [0.05, 0.1) is 25.0 Å². The quantitative estimate of drug-likeness (QED) is 0.367. The topological polar surface area (TPSA) is 52.6 Å². The Morgan fingerprint density at radius 3 is 1.25 bits per heavy atom. The van der Waals surface area contributed by atoms with Crippen LogP contribution >= 0.6 is 0 Å². The van der Waals surface area contributed by atoms with Crippen molar-refractivity contribution in [1.29, 1.82) is 0 Å². The minimum absolute atomic E-state index is 0.0122. The standard InChI is InChI=1S/C28H50O4/c1-20(16-18-31-25(29)21-8-12-23(13-9-21)27(2,3)4)17-19-32-26(30)22-10-14-24(15-11-22)28(5,6)7/h20-24H,8-19H2,1-7H3. The Balaban J connectivity index is 1.55. The maximum atomic E-state index is 12.4. The molecule has 0 heterocycles. The summed E-state index contributed by atoms with van der Waals surface area (Å²) in [6.07, 6.45) is 10.0. The van der Waals surface area contributed by atoms with Crippen LogP contribution in [0.5, 0.6) is 0 Å². The second-order valence-electron chi connectivity index (χ2n) is 12.8. The van der Waals surface area contributed by atoms with Crippen LogP contribution in [0, 0.1) is 40.4 Å². The number of hydrogen-bond acceptors (Lipinski definition) is 4. The molecule has 186 valence electrons. The summed E-state index contributed by atoms with van der Waals surface area (Å²) in [5, 5.41) is 0. The molecule has 0 aromatic carbocycles. The summed E-state index contributed by atoms with van der Waals surface area (Å²) in [4.78, 5) is 24.8. The van der Waals surface area contributed by atoms with Gasteiger partial charge >= 0.3 is 11.9 Å². The first-order chi connectivity index (χ1) is 14.9. The van der Waals surface area contributed by atoms with Crippen LogP contribution in [-0.4, -0.2) is 25.2 Å². The number of carbonyl (C=O) groups is 2. The van der Waals surface area contributed by atoms with Gasteiger partial charge in [-0.2, -0.15) is 0 Å². The van der Waals surface area contributed by atoms with Crippen LogP contribution in [0.2, 0.25) is 0 Å². The van der Waals surface area contributed by atoms with Gasteiger partial charge < -0.3 is 9.47 Å². The summed E-state index contributed by atoms with van der Waals surface area (Å²) in [7, 11) is 0. The Kier molecular flexibility index (Phi) is 10.1. The van der Waals surface area contributed by atoms with Crippen LogP contribution in [0.15, 0.2) is 0 Å². The summed E-state index contributed by atoms with van der Waals surface area (Å²) in [5.41, 5.74) is 0.666. The van der Waals surface area contributed by atoms with Crippen LogP contribution < -0.4 is 0 Å². The van der Waals surface area contributed by atoms with Crippen molar-refractivity contribution in [2.24, 2.45) is 40.4 Å². The van der Waals surface area contributed by atoms with E-state index in [4.69, 9.17) is 9.47 Å². The Labute approximate surface area is 197 Å². The Morgan fingerprint density at radius 1 is 0.656 bits per heavy atom. The molecule has 0 bridgehead atoms. The SMILES string of the molecule is CC(CCOC(=O)C1CCC(C(C)(C)C)CC1)CCOC(=O)C1CCC(C(C)(C)C)CC1. The lowest BCUT2D eigenvalue weighted by atomic mass is 9.70. The fraction of sp³-hybridized carbons (Fsp3) is 0.929. The third kappa shape index (κ3) is 8.71. The predicted octanol–water partition coefficient (Wildman–Crippen LogP) is 7.19. The first kappa shape index (κ1) is 27.2. The highest BCUT2D eigenvalue weighted by Crippen LogP contribution is 2.41. The lowest BCUT2D eigenvalue weighted by molar-refractivity contribution is -0.150. The van der Waals surface area contributed by atoms with Gasteiger partial charge in [-0.15, -0.1) is 0 Å². The van der Waals surface area contributed by atoms with E-state index in [2.05, 4.69) is 48.5 Å². The summed E-state index contributed by atoms with van der Waals surface area (Å²) in [6, 6.07) is 0. The second-order valence-corrected chi connectivity index (χ2v) is 12.8. The summed E-state index contributed by atoms with van der Waals surface area (Å²) < 4.78 is 11.2. The van der Waals surface area contributed by atoms with Crippen LogP contribution in [0.3, 0.4) is 0 Å². The predicted molar refractivity (Wildman–Crippen MR) is 130 cm³/mol. The van der Waals surface area contributed by atoms with Crippen molar-refractivity contribution in [2.75, 3.05) is 13.2 Å². The van der Waals surface area contributed by atoms with Crippen molar-refractivity contribution in [3.05, 3.63) is 0 Å². The molecule has 0 N–H and O–H groups in total. The summed E-state index contributed by atoms with van der Waals surface area (Å²) >= 11 is 0. The highest BCUT2D eigenvalue weighted by Gasteiger charge is 2.34. The van der Waals surface area contributed by atoms with Crippen LogP contribution in [0.1, 0.15) is 113 Å². The highest BCUT2D eigenvalue weighted by molar-refractivity contribution is 5.72. The fourth-order valence-electron chi connectivity index (χ4n) is 5.49. The van der Waals surface area contributed by atoms with E-state index in [1.165, 1.54) is 0 Å². The van der Waals surface area contributed by atoms with Crippen molar-refractivity contribution in [1.82, 2.24) is 0 Å². The zero-order valence-electron chi connectivity index (χ0n) is 22.0.